The molecule has 1 aliphatic heterocycles. The van der Waals surface area contributed by atoms with Gasteiger partial charge in [-0.3, -0.25) is 4.21 Å². The molecule has 0 aromatic carbocycles. The molecule has 88 valence electrons. The van der Waals surface area contributed by atoms with Crippen molar-refractivity contribution in [3.05, 3.63) is 0 Å². The topological polar surface area (TPSA) is 38.3 Å². The molecule has 2 rings (SSSR count). The van der Waals surface area contributed by atoms with E-state index in [1.54, 1.807) is 0 Å². The third-order valence-electron chi connectivity index (χ3n) is 3.60. The van der Waals surface area contributed by atoms with E-state index in [2.05, 4.69) is 5.32 Å². The molecule has 1 saturated carbocycles. The molecule has 1 heterocycles. The average Bonchev–Trinajstić information content (AvgIpc) is 2.81. The molecule has 1 N–H and O–H groups in total. The Balaban J connectivity index is 1.96. The van der Waals surface area contributed by atoms with Gasteiger partial charge in [-0.05, 0) is 26.3 Å². The van der Waals surface area contributed by atoms with Gasteiger partial charge >= 0.3 is 0 Å². The predicted octanol–water partition coefficient (Wildman–Crippen LogP) is 1.05. The van der Waals surface area contributed by atoms with Crippen molar-refractivity contribution in [2.24, 2.45) is 0 Å². The van der Waals surface area contributed by atoms with E-state index in [1.165, 1.54) is 12.8 Å². The van der Waals surface area contributed by atoms with Gasteiger partial charge in [0.15, 0.2) is 0 Å². The highest BCUT2D eigenvalue weighted by atomic mass is 32.2. The van der Waals surface area contributed by atoms with Crippen molar-refractivity contribution >= 4 is 10.8 Å². The van der Waals surface area contributed by atoms with Crippen LogP contribution >= 0.6 is 0 Å². The smallest absolute Gasteiger partial charge is 0.0738 e. The fraction of sp³-hybridized carbons (Fsp3) is 1.00. The highest BCUT2D eigenvalue weighted by Gasteiger charge is 2.34. The van der Waals surface area contributed by atoms with Crippen LogP contribution in [0.2, 0.25) is 0 Å². The summed E-state index contributed by atoms with van der Waals surface area (Å²) in [7, 11) is 1.27. The second-order valence-corrected chi connectivity index (χ2v) is 6.46. The Hall–Kier alpha value is 0.0700. The summed E-state index contributed by atoms with van der Waals surface area (Å²) < 4.78 is 17.8. The van der Waals surface area contributed by atoms with Crippen molar-refractivity contribution in [1.29, 1.82) is 0 Å². The van der Waals surface area contributed by atoms with Gasteiger partial charge in [0.25, 0.3) is 0 Å². The normalized spacial score (nSPS) is 35.5. The van der Waals surface area contributed by atoms with Crippen LogP contribution < -0.4 is 5.32 Å². The Morgan fingerprint density at radius 1 is 1.27 bits per heavy atom. The van der Waals surface area contributed by atoms with E-state index >= 15 is 0 Å². The van der Waals surface area contributed by atoms with Crippen LogP contribution in [-0.2, 0) is 15.5 Å². The average molecular weight is 231 g/mol. The van der Waals surface area contributed by atoms with E-state index in [1.807, 2.05) is 7.05 Å². The molecule has 1 saturated heterocycles. The summed E-state index contributed by atoms with van der Waals surface area (Å²) in [4.78, 5) is 0. The minimum absolute atomic E-state index is 0.215. The number of nitrogens with one attached hydrogen (secondary N) is 1. The molecule has 0 amide bonds. The molecular formula is C11H21NO2S. The van der Waals surface area contributed by atoms with E-state index in [-0.39, 0.29) is 5.25 Å². The largest absolute Gasteiger partial charge is 0.380 e. The molecule has 3 unspecified atom stereocenters. The molecule has 1 aliphatic carbocycles. The van der Waals surface area contributed by atoms with Crippen LogP contribution in [0.3, 0.4) is 0 Å². The molecule has 2 fully saturated rings. The maximum absolute atomic E-state index is 12.4. The van der Waals surface area contributed by atoms with Gasteiger partial charge in [-0.2, -0.15) is 0 Å². The number of ether oxygens (including phenoxy) is 1. The fourth-order valence-electron chi connectivity index (χ4n) is 2.64. The first-order chi connectivity index (χ1) is 7.33. The lowest BCUT2D eigenvalue weighted by Gasteiger charge is -2.32. The maximum atomic E-state index is 12.4. The predicted molar refractivity (Wildman–Crippen MR) is 62.5 cm³/mol. The standard InChI is InChI=1S/C11H21NO2S/c1-12-10-6-7-14-8-11(10)15(13)9-4-2-3-5-9/h9-12H,2-8H2,1H3. The van der Waals surface area contributed by atoms with Gasteiger partial charge in [-0.25, -0.2) is 0 Å². The van der Waals surface area contributed by atoms with Gasteiger partial charge in [0.1, 0.15) is 0 Å². The SMILES string of the molecule is CNC1CCOCC1S(=O)C1CCCC1. The Morgan fingerprint density at radius 3 is 2.67 bits per heavy atom. The van der Waals surface area contributed by atoms with Gasteiger partial charge < -0.3 is 10.1 Å². The fourth-order valence-corrected chi connectivity index (χ4v) is 4.76. The van der Waals surface area contributed by atoms with Crippen molar-refractivity contribution in [3.63, 3.8) is 0 Å². The van der Waals surface area contributed by atoms with Crippen molar-refractivity contribution in [3.8, 4) is 0 Å². The number of rotatable bonds is 3. The Bertz CT molecular complexity index is 229. The van der Waals surface area contributed by atoms with Crippen LogP contribution in [0, 0.1) is 0 Å². The molecule has 4 heteroatoms. The first kappa shape index (κ1) is 11.6. The lowest BCUT2D eigenvalue weighted by atomic mass is 10.1. The number of hydrogen-bond acceptors (Lipinski definition) is 3. The summed E-state index contributed by atoms with van der Waals surface area (Å²) in [6.07, 6.45) is 5.82. The van der Waals surface area contributed by atoms with Gasteiger partial charge in [-0.15, -0.1) is 0 Å². The van der Waals surface area contributed by atoms with Crippen LogP contribution in [0.15, 0.2) is 0 Å². The summed E-state index contributed by atoms with van der Waals surface area (Å²) >= 11 is 0. The van der Waals surface area contributed by atoms with Gasteiger partial charge in [0.2, 0.25) is 0 Å². The molecule has 0 bridgehead atoms. The molecule has 0 spiro atoms. The summed E-state index contributed by atoms with van der Waals surface area (Å²) in [6, 6.07) is 0.389. The van der Waals surface area contributed by atoms with E-state index in [4.69, 9.17) is 4.74 Å². The Morgan fingerprint density at radius 2 is 2.00 bits per heavy atom. The molecule has 3 atom stereocenters. The Labute approximate surface area is 94.4 Å². The van der Waals surface area contributed by atoms with Gasteiger partial charge in [0.05, 0.1) is 11.9 Å². The molecule has 0 radical (unpaired) electrons. The quantitative estimate of drug-likeness (QED) is 0.789. The second kappa shape index (κ2) is 5.41. The first-order valence-corrected chi connectivity index (χ1v) is 7.25. The summed E-state index contributed by atoms with van der Waals surface area (Å²) in [5, 5.41) is 3.94. The van der Waals surface area contributed by atoms with Crippen molar-refractivity contribution in [2.45, 2.75) is 48.6 Å². The molecule has 2 aliphatic rings. The zero-order valence-corrected chi connectivity index (χ0v) is 10.2. The lowest BCUT2D eigenvalue weighted by molar-refractivity contribution is 0.0836. The van der Waals surface area contributed by atoms with Crippen molar-refractivity contribution in [1.82, 2.24) is 5.32 Å². The van der Waals surface area contributed by atoms with Crippen molar-refractivity contribution in [2.75, 3.05) is 20.3 Å². The molecule has 3 nitrogen and oxygen atoms in total. The van der Waals surface area contributed by atoms with E-state index in [0.29, 0.717) is 17.9 Å². The van der Waals surface area contributed by atoms with E-state index in [9.17, 15) is 4.21 Å². The summed E-state index contributed by atoms with van der Waals surface area (Å²) in [6.45, 7) is 1.48. The zero-order valence-electron chi connectivity index (χ0n) is 9.41. The molecule has 15 heavy (non-hydrogen) atoms. The third kappa shape index (κ3) is 2.60. The summed E-state index contributed by atoms with van der Waals surface area (Å²) in [5.74, 6) is 0. The van der Waals surface area contributed by atoms with Crippen LogP contribution in [0.4, 0.5) is 0 Å². The van der Waals surface area contributed by atoms with Crippen LogP contribution in [0.5, 0.6) is 0 Å². The zero-order chi connectivity index (χ0) is 10.7. The number of hydrogen-bond donors (Lipinski definition) is 1. The van der Waals surface area contributed by atoms with Gasteiger partial charge in [0, 0.05) is 28.7 Å². The third-order valence-corrected chi connectivity index (χ3v) is 5.79. The molecular weight excluding hydrogens is 210 g/mol. The van der Waals surface area contributed by atoms with Crippen LogP contribution in [0.1, 0.15) is 32.1 Å². The monoisotopic (exact) mass is 231 g/mol. The minimum Gasteiger partial charge on any atom is -0.380 e. The van der Waals surface area contributed by atoms with Gasteiger partial charge in [-0.1, -0.05) is 12.8 Å². The Kier molecular flexibility index (Phi) is 4.17. The van der Waals surface area contributed by atoms with Crippen molar-refractivity contribution < 1.29 is 8.95 Å². The first-order valence-electron chi connectivity index (χ1n) is 5.97. The van der Waals surface area contributed by atoms with Crippen LogP contribution in [-0.4, -0.2) is 41.0 Å². The minimum atomic E-state index is -0.699. The second-order valence-electron chi connectivity index (χ2n) is 4.53. The molecule has 0 aromatic heterocycles. The van der Waals surface area contributed by atoms with E-state index < -0.39 is 10.8 Å². The highest BCUT2D eigenvalue weighted by Crippen LogP contribution is 2.27. The van der Waals surface area contributed by atoms with E-state index in [0.717, 1.165) is 25.9 Å². The van der Waals surface area contributed by atoms with Crippen LogP contribution in [0.25, 0.3) is 0 Å². The summed E-state index contributed by atoms with van der Waals surface area (Å²) in [5.41, 5.74) is 0. The lowest BCUT2D eigenvalue weighted by Crippen LogP contribution is -2.49. The maximum Gasteiger partial charge on any atom is 0.0738 e. The molecule has 0 aromatic rings. The highest BCUT2D eigenvalue weighted by molar-refractivity contribution is 7.86.